The van der Waals surface area contributed by atoms with E-state index in [4.69, 9.17) is 11.6 Å². The fraction of sp³-hybridized carbons (Fsp3) is 0.429. The van der Waals surface area contributed by atoms with E-state index in [1.807, 2.05) is 0 Å². The first-order valence-corrected chi connectivity index (χ1v) is 7.95. The van der Waals surface area contributed by atoms with Gasteiger partial charge in [0.2, 0.25) is 5.91 Å². The second-order valence-electron chi connectivity index (χ2n) is 5.41. The number of hydrogen-bond donors (Lipinski definition) is 1. The number of nitrogens with one attached hydrogen (secondary N) is 1. The predicted molar refractivity (Wildman–Crippen MR) is 90.6 cm³/mol. The van der Waals surface area contributed by atoms with Crippen LogP contribution in [0.15, 0.2) is 21.2 Å². The van der Waals surface area contributed by atoms with Gasteiger partial charge < -0.3 is 5.32 Å². The van der Waals surface area contributed by atoms with Crippen molar-refractivity contribution in [3.05, 3.63) is 11.8 Å². The van der Waals surface area contributed by atoms with Gasteiger partial charge in [0.1, 0.15) is 17.6 Å². The Morgan fingerprint density at radius 1 is 1.42 bits per heavy atom. The van der Waals surface area contributed by atoms with Gasteiger partial charge in [-0.1, -0.05) is 0 Å². The molecule has 1 aromatic rings. The van der Waals surface area contributed by atoms with Crippen molar-refractivity contribution < 1.29 is 9.59 Å². The molecule has 24 heavy (non-hydrogen) atoms. The number of rotatable bonds is 4. The van der Waals surface area contributed by atoms with E-state index in [1.165, 1.54) is 15.9 Å². The van der Waals surface area contributed by atoms with Crippen LogP contribution in [0.1, 0.15) is 18.5 Å². The second-order valence-corrected chi connectivity index (χ2v) is 5.79. The SMILES string of the molecule is Cc1cc(NC(=O)CCCCl)n(C2=NC(=O)C3C=NN(C)C3=N2)n1. The zero-order valence-corrected chi connectivity index (χ0v) is 14.0. The molecule has 3 rings (SSSR count). The monoisotopic (exact) mass is 349 g/mol. The van der Waals surface area contributed by atoms with Crippen molar-refractivity contribution in [3.63, 3.8) is 0 Å². The van der Waals surface area contributed by atoms with Crippen LogP contribution in [0.2, 0.25) is 0 Å². The van der Waals surface area contributed by atoms with E-state index in [2.05, 4.69) is 25.5 Å². The Balaban J connectivity index is 1.89. The molecule has 0 aliphatic carbocycles. The zero-order valence-electron chi connectivity index (χ0n) is 13.2. The van der Waals surface area contributed by atoms with Crippen LogP contribution in [-0.4, -0.2) is 57.5 Å². The first-order chi connectivity index (χ1) is 11.5. The molecule has 1 atom stereocenters. The number of aromatic nitrogens is 2. The summed E-state index contributed by atoms with van der Waals surface area (Å²) < 4.78 is 1.35. The van der Waals surface area contributed by atoms with E-state index in [0.717, 1.165) is 0 Å². The molecule has 3 heterocycles. The molecule has 1 N–H and O–H groups in total. The van der Waals surface area contributed by atoms with Crippen LogP contribution in [0, 0.1) is 12.8 Å². The van der Waals surface area contributed by atoms with E-state index < -0.39 is 5.92 Å². The fourth-order valence-electron chi connectivity index (χ4n) is 2.37. The standard InChI is InChI=1S/C14H16ClN7O2/c1-8-6-10(17-11(23)4-3-5-15)22(20-8)14-18-12-9(13(24)19-14)7-16-21(12)2/h6-7,9H,3-5H2,1-2H3,(H,17,23). The summed E-state index contributed by atoms with van der Waals surface area (Å²) in [5.74, 6) is 0.290. The van der Waals surface area contributed by atoms with Gasteiger partial charge in [0, 0.05) is 31.6 Å². The first kappa shape index (κ1) is 16.3. The Morgan fingerprint density at radius 2 is 2.21 bits per heavy atom. The number of nitrogens with zero attached hydrogens (tertiary/aromatic N) is 6. The van der Waals surface area contributed by atoms with Gasteiger partial charge in [-0.2, -0.15) is 24.9 Å². The summed E-state index contributed by atoms with van der Waals surface area (Å²) >= 11 is 5.60. The Labute approximate surface area is 143 Å². The third kappa shape index (κ3) is 3.07. The molecule has 0 fully saturated rings. The van der Waals surface area contributed by atoms with Gasteiger partial charge in [0.15, 0.2) is 0 Å². The van der Waals surface area contributed by atoms with Crippen LogP contribution in [0.25, 0.3) is 0 Å². The number of carbonyl (C=O) groups is 2. The maximum atomic E-state index is 12.2. The highest BCUT2D eigenvalue weighted by atomic mass is 35.5. The molecule has 2 aliphatic heterocycles. The molecule has 2 amide bonds. The second kappa shape index (κ2) is 6.52. The average Bonchev–Trinajstić information content (AvgIpc) is 3.09. The molecular weight excluding hydrogens is 334 g/mol. The lowest BCUT2D eigenvalue weighted by molar-refractivity contribution is -0.118. The lowest BCUT2D eigenvalue weighted by Gasteiger charge is -2.17. The van der Waals surface area contributed by atoms with Crippen LogP contribution in [0.3, 0.4) is 0 Å². The molecule has 2 aliphatic rings. The summed E-state index contributed by atoms with van der Waals surface area (Å²) in [5, 5.41) is 12.6. The largest absolute Gasteiger partial charge is 0.310 e. The summed E-state index contributed by atoms with van der Waals surface area (Å²) in [7, 11) is 1.70. The van der Waals surface area contributed by atoms with Crippen LogP contribution in [0.4, 0.5) is 5.82 Å². The number of amidine groups is 1. The minimum Gasteiger partial charge on any atom is -0.310 e. The zero-order chi connectivity index (χ0) is 17.3. The Bertz CT molecular complexity index is 780. The Hall–Kier alpha value is -2.55. The molecular formula is C14H16ClN7O2. The maximum Gasteiger partial charge on any atom is 0.265 e. The molecule has 0 aromatic carbocycles. The molecule has 1 unspecified atom stereocenters. The lowest BCUT2D eigenvalue weighted by atomic mass is 10.1. The molecule has 9 nitrogen and oxygen atoms in total. The van der Waals surface area contributed by atoms with Gasteiger partial charge >= 0.3 is 0 Å². The van der Waals surface area contributed by atoms with Gasteiger partial charge in [-0.05, 0) is 13.3 Å². The number of alkyl halides is 1. The number of hydrazone groups is 1. The first-order valence-electron chi connectivity index (χ1n) is 7.41. The number of aryl methyl sites for hydroxylation is 1. The molecule has 126 valence electrons. The minimum absolute atomic E-state index is 0.101. The topological polar surface area (TPSA) is 104 Å². The van der Waals surface area contributed by atoms with Gasteiger partial charge in [0.05, 0.1) is 5.69 Å². The van der Waals surface area contributed by atoms with Crippen molar-refractivity contribution in [3.8, 4) is 0 Å². The number of carbonyl (C=O) groups excluding carboxylic acids is 2. The highest BCUT2D eigenvalue weighted by Gasteiger charge is 2.35. The summed E-state index contributed by atoms with van der Waals surface area (Å²) in [6, 6.07) is 1.69. The molecule has 1 aromatic heterocycles. The smallest absolute Gasteiger partial charge is 0.265 e. The van der Waals surface area contributed by atoms with Gasteiger partial charge in [-0.15, -0.1) is 11.6 Å². The quantitative estimate of drug-likeness (QED) is 0.813. The number of fused-ring (bicyclic) bond motifs is 1. The van der Waals surface area contributed by atoms with Crippen molar-refractivity contribution in [2.45, 2.75) is 19.8 Å². The molecule has 0 spiro atoms. The summed E-state index contributed by atoms with van der Waals surface area (Å²) in [5.41, 5.74) is 0.663. The summed E-state index contributed by atoms with van der Waals surface area (Å²) in [4.78, 5) is 32.4. The van der Waals surface area contributed by atoms with Crippen molar-refractivity contribution in [1.82, 2.24) is 14.8 Å². The maximum absolute atomic E-state index is 12.2. The molecule has 0 saturated carbocycles. The number of halogens is 1. The average molecular weight is 350 g/mol. The van der Waals surface area contributed by atoms with Crippen molar-refractivity contribution in [2.75, 3.05) is 18.2 Å². The van der Waals surface area contributed by atoms with Crippen LogP contribution < -0.4 is 5.32 Å². The Kier molecular flexibility index (Phi) is 4.43. The highest BCUT2D eigenvalue weighted by molar-refractivity contribution is 6.24. The molecule has 0 saturated heterocycles. The van der Waals surface area contributed by atoms with E-state index >= 15 is 0 Å². The van der Waals surface area contributed by atoms with E-state index in [9.17, 15) is 9.59 Å². The van der Waals surface area contributed by atoms with Crippen LogP contribution in [0.5, 0.6) is 0 Å². The normalized spacial score (nSPS) is 19.2. The third-order valence-corrected chi connectivity index (χ3v) is 3.78. The van der Waals surface area contributed by atoms with Crippen molar-refractivity contribution >= 4 is 47.2 Å². The Morgan fingerprint density at radius 3 is 2.96 bits per heavy atom. The van der Waals surface area contributed by atoms with Crippen molar-refractivity contribution in [1.29, 1.82) is 0 Å². The number of aliphatic imine (C=N–C) groups is 2. The summed E-state index contributed by atoms with van der Waals surface area (Å²) in [6.07, 6.45) is 2.38. The highest BCUT2D eigenvalue weighted by Crippen LogP contribution is 2.19. The van der Waals surface area contributed by atoms with Gasteiger partial charge in [-0.25, -0.2) is 0 Å². The van der Waals surface area contributed by atoms with E-state index in [1.54, 1.807) is 20.0 Å². The number of amides is 2. The lowest BCUT2D eigenvalue weighted by Crippen LogP contribution is -2.35. The predicted octanol–water partition coefficient (Wildman–Crippen LogP) is 0.839. The van der Waals surface area contributed by atoms with Gasteiger partial charge in [-0.3, -0.25) is 14.6 Å². The van der Waals surface area contributed by atoms with Gasteiger partial charge in [0.25, 0.3) is 11.9 Å². The van der Waals surface area contributed by atoms with Crippen LogP contribution in [-0.2, 0) is 9.59 Å². The molecule has 0 radical (unpaired) electrons. The fourth-order valence-corrected chi connectivity index (χ4v) is 2.51. The number of anilines is 1. The van der Waals surface area contributed by atoms with Crippen molar-refractivity contribution in [2.24, 2.45) is 21.0 Å². The molecule has 10 heteroatoms. The van der Waals surface area contributed by atoms with E-state index in [0.29, 0.717) is 36.1 Å². The molecule has 0 bridgehead atoms. The van der Waals surface area contributed by atoms with E-state index in [-0.39, 0.29) is 17.8 Å². The summed E-state index contributed by atoms with van der Waals surface area (Å²) in [6.45, 7) is 1.77. The minimum atomic E-state index is -0.558. The number of hydrogen-bond acceptors (Lipinski definition) is 6. The van der Waals surface area contributed by atoms with Crippen LogP contribution >= 0.6 is 11.6 Å². The third-order valence-electron chi connectivity index (χ3n) is 3.52.